The average molecular weight is 413 g/mol. The van der Waals surface area contributed by atoms with Gasteiger partial charge in [0, 0.05) is 31.4 Å². The van der Waals surface area contributed by atoms with Crippen LogP contribution in [0, 0.1) is 6.92 Å². The Kier molecular flexibility index (Phi) is 5.28. The van der Waals surface area contributed by atoms with Gasteiger partial charge in [-0.1, -0.05) is 35.9 Å². The van der Waals surface area contributed by atoms with Crippen molar-refractivity contribution >= 4 is 23.5 Å². The second-order valence-corrected chi connectivity index (χ2v) is 7.40. The summed E-state index contributed by atoms with van der Waals surface area (Å²) >= 11 is 0. The quantitative estimate of drug-likeness (QED) is 0.399. The van der Waals surface area contributed by atoms with Gasteiger partial charge in [0.2, 0.25) is 0 Å². The van der Waals surface area contributed by atoms with Gasteiger partial charge in [-0.05, 0) is 24.6 Å². The number of morpholine rings is 1. The molecule has 0 unspecified atom stereocenters. The minimum atomic E-state index is 0.658. The Morgan fingerprint density at radius 3 is 2.74 bits per heavy atom. The van der Waals surface area contributed by atoms with E-state index < -0.39 is 0 Å². The number of rotatable bonds is 5. The van der Waals surface area contributed by atoms with E-state index in [0.717, 1.165) is 41.5 Å². The summed E-state index contributed by atoms with van der Waals surface area (Å²) in [5.41, 5.74) is 7.63. The van der Waals surface area contributed by atoms with Crippen molar-refractivity contribution < 1.29 is 4.74 Å². The SMILES string of the molecule is Cc1cccc(C=NNc2cc(N3CCOCC3)n3nc(-c4ccccn4)cc3n2)c1. The molecule has 8 nitrogen and oxygen atoms in total. The molecule has 1 aliphatic rings. The van der Waals surface area contributed by atoms with E-state index in [1.165, 1.54) is 5.56 Å². The highest BCUT2D eigenvalue weighted by Gasteiger charge is 2.18. The molecule has 1 fully saturated rings. The summed E-state index contributed by atoms with van der Waals surface area (Å²) in [5, 5.41) is 9.17. The summed E-state index contributed by atoms with van der Waals surface area (Å²) in [5.74, 6) is 1.61. The third-order valence-corrected chi connectivity index (χ3v) is 5.11. The molecule has 4 heterocycles. The minimum Gasteiger partial charge on any atom is -0.378 e. The number of ether oxygens (including phenoxy) is 1. The van der Waals surface area contributed by atoms with Crippen LogP contribution in [-0.4, -0.2) is 52.1 Å². The van der Waals surface area contributed by atoms with Crippen LogP contribution in [0.3, 0.4) is 0 Å². The lowest BCUT2D eigenvalue weighted by atomic mass is 10.2. The molecular weight excluding hydrogens is 390 g/mol. The predicted molar refractivity (Wildman–Crippen MR) is 122 cm³/mol. The fourth-order valence-corrected chi connectivity index (χ4v) is 3.60. The monoisotopic (exact) mass is 413 g/mol. The number of fused-ring (bicyclic) bond motifs is 1. The van der Waals surface area contributed by atoms with E-state index in [0.29, 0.717) is 19.0 Å². The summed E-state index contributed by atoms with van der Waals surface area (Å²) in [7, 11) is 0. The minimum absolute atomic E-state index is 0.658. The highest BCUT2D eigenvalue weighted by atomic mass is 16.5. The van der Waals surface area contributed by atoms with Gasteiger partial charge in [0.1, 0.15) is 11.5 Å². The normalized spacial score (nSPS) is 14.4. The molecule has 1 aromatic carbocycles. The first-order valence-corrected chi connectivity index (χ1v) is 10.3. The van der Waals surface area contributed by atoms with Gasteiger partial charge >= 0.3 is 0 Å². The topological polar surface area (TPSA) is 79.9 Å². The molecule has 1 N–H and O–H groups in total. The zero-order chi connectivity index (χ0) is 21.0. The van der Waals surface area contributed by atoms with E-state index >= 15 is 0 Å². The molecule has 5 rings (SSSR count). The molecule has 0 atom stereocenters. The second kappa shape index (κ2) is 8.53. The number of benzene rings is 1. The maximum atomic E-state index is 5.53. The van der Waals surface area contributed by atoms with E-state index in [4.69, 9.17) is 14.8 Å². The molecule has 0 spiro atoms. The number of hydrogen-bond donors (Lipinski definition) is 1. The standard InChI is InChI=1S/C23H23N7O/c1-17-5-4-6-18(13-17)16-25-27-21-15-23(29-9-11-31-12-10-29)30-22(26-21)14-20(28-30)19-7-2-3-8-24-19/h2-8,13-16H,9-12H2,1H3,(H,26,27). The van der Waals surface area contributed by atoms with Gasteiger partial charge < -0.3 is 9.64 Å². The smallest absolute Gasteiger partial charge is 0.160 e. The zero-order valence-corrected chi connectivity index (χ0v) is 17.3. The number of nitrogens with one attached hydrogen (secondary N) is 1. The molecule has 31 heavy (non-hydrogen) atoms. The maximum absolute atomic E-state index is 5.53. The fraction of sp³-hybridized carbons (Fsp3) is 0.217. The lowest BCUT2D eigenvalue weighted by Gasteiger charge is -2.29. The Bertz CT molecular complexity index is 1210. The molecular formula is C23H23N7O. The number of anilines is 2. The Hall–Kier alpha value is -3.78. The molecule has 0 aliphatic carbocycles. The van der Waals surface area contributed by atoms with Crippen molar-refractivity contribution in [3.63, 3.8) is 0 Å². The fourth-order valence-electron chi connectivity index (χ4n) is 3.60. The number of nitrogens with zero attached hydrogens (tertiary/aromatic N) is 6. The molecule has 0 bridgehead atoms. The van der Waals surface area contributed by atoms with Crippen LogP contribution in [0.5, 0.6) is 0 Å². The van der Waals surface area contributed by atoms with Crippen LogP contribution in [0.4, 0.5) is 11.6 Å². The van der Waals surface area contributed by atoms with Crippen molar-refractivity contribution in [1.29, 1.82) is 0 Å². The highest BCUT2D eigenvalue weighted by Crippen LogP contribution is 2.25. The molecule has 0 amide bonds. The van der Waals surface area contributed by atoms with Gasteiger partial charge in [0.15, 0.2) is 11.5 Å². The van der Waals surface area contributed by atoms with Gasteiger partial charge in [0.25, 0.3) is 0 Å². The molecule has 3 aromatic heterocycles. The zero-order valence-electron chi connectivity index (χ0n) is 17.3. The maximum Gasteiger partial charge on any atom is 0.160 e. The van der Waals surface area contributed by atoms with Crippen molar-refractivity contribution in [2.24, 2.45) is 5.10 Å². The predicted octanol–water partition coefficient (Wildman–Crippen LogP) is 3.38. The Morgan fingerprint density at radius 1 is 1.03 bits per heavy atom. The van der Waals surface area contributed by atoms with Crippen LogP contribution in [0.2, 0.25) is 0 Å². The number of aromatic nitrogens is 4. The van der Waals surface area contributed by atoms with Crippen LogP contribution in [0.25, 0.3) is 17.0 Å². The van der Waals surface area contributed by atoms with Crippen LogP contribution in [-0.2, 0) is 4.74 Å². The van der Waals surface area contributed by atoms with E-state index in [-0.39, 0.29) is 0 Å². The van der Waals surface area contributed by atoms with Gasteiger partial charge in [0.05, 0.1) is 25.1 Å². The Labute approximate surface area is 180 Å². The average Bonchev–Trinajstić information content (AvgIpc) is 3.24. The van der Waals surface area contributed by atoms with Crippen LogP contribution >= 0.6 is 0 Å². The van der Waals surface area contributed by atoms with Crippen molar-refractivity contribution in [2.45, 2.75) is 6.92 Å². The highest BCUT2D eigenvalue weighted by molar-refractivity contribution is 5.80. The van der Waals surface area contributed by atoms with Gasteiger partial charge in [-0.25, -0.2) is 4.98 Å². The first kappa shape index (κ1) is 19.2. The van der Waals surface area contributed by atoms with E-state index in [2.05, 4.69) is 39.5 Å². The van der Waals surface area contributed by atoms with Crippen molar-refractivity contribution in [2.75, 3.05) is 36.6 Å². The van der Waals surface area contributed by atoms with Crippen LogP contribution in [0.1, 0.15) is 11.1 Å². The van der Waals surface area contributed by atoms with Gasteiger partial charge in [-0.2, -0.15) is 14.7 Å². The summed E-state index contributed by atoms with van der Waals surface area (Å²) in [4.78, 5) is 11.4. The number of pyridine rings is 1. The third kappa shape index (κ3) is 4.24. The van der Waals surface area contributed by atoms with Crippen LogP contribution in [0.15, 0.2) is 65.9 Å². The summed E-state index contributed by atoms with van der Waals surface area (Å²) < 4.78 is 7.39. The van der Waals surface area contributed by atoms with E-state index in [9.17, 15) is 0 Å². The van der Waals surface area contributed by atoms with Crippen molar-refractivity contribution in [3.8, 4) is 11.4 Å². The van der Waals surface area contributed by atoms with Crippen molar-refractivity contribution in [1.82, 2.24) is 19.6 Å². The first-order valence-electron chi connectivity index (χ1n) is 10.3. The molecule has 1 saturated heterocycles. The summed E-state index contributed by atoms with van der Waals surface area (Å²) in [6.07, 6.45) is 3.56. The van der Waals surface area contributed by atoms with Gasteiger partial charge in [-0.15, -0.1) is 0 Å². The molecule has 8 heteroatoms. The van der Waals surface area contributed by atoms with E-state index in [1.807, 2.05) is 47.0 Å². The lowest BCUT2D eigenvalue weighted by Crippen LogP contribution is -2.37. The molecule has 0 radical (unpaired) electrons. The molecule has 156 valence electrons. The molecule has 1 aliphatic heterocycles. The number of aryl methyl sites for hydroxylation is 1. The number of hydrazone groups is 1. The number of hydrogen-bond acceptors (Lipinski definition) is 7. The first-order chi connectivity index (χ1) is 15.3. The summed E-state index contributed by atoms with van der Waals surface area (Å²) in [6.45, 7) is 5.03. The van der Waals surface area contributed by atoms with Crippen LogP contribution < -0.4 is 10.3 Å². The lowest BCUT2D eigenvalue weighted by molar-refractivity contribution is 0.122. The Morgan fingerprint density at radius 2 is 1.94 bits per heavy atom. The summed E-state index contributed by atoms with van der Waals surface area (Å²) in [6, 6.07) is 17.9. The van der Waals surface area contributed by atoms with Crippen molar-refractivity contribution in [3.05, 3.63) is 71.9 Å². The third-order valence-electron chi connectivity index (χ3n) is 5.11. The van der Waals surface area contributed by atoms with Gasteiger partial charge in [-0.3, -0.25) is 10.4 Å². The largest absolute Gasteiger partial charge is 0.378 e. The Balaban J connectivity index is 1.50. The molecule has 4 aromatic rings. The molecule has 0 saturated carbocycles. The second-order valence-electron chi connectivity index (χ2n) is 7.40. The van der Waals surface area contributed by atoms with E-state index in [1.54, 1.807) is 12.4 Å².